The molecule has 0 bridgehead atoms. The van der Waals surface area contributed by atoms with Crippen molar-refractivity contribution in [1.82, 2.24) is 0 Å². The van der Waals surface area contributed by atoms with Gasteiger partial charge in [0.05, 0.1) is 6.61 Å². The van der Waals surface area contributed by atoms with Crippen LogP contribution in [0.3, 0.4) is 0 Å². The van der Waals surface area contributed by atoms with Gasteiger partial charge in [0.25, 0.3) is 0 Å². The molecule has 2 aromatic carbocycles. The molecule has 2 rings (SSSR count). The van der Waals surface area contributed by atoms with Gasteiger partial charge in [-0.25, -0.2) is 9.59 Å². The summed E-state index contributed by atoms with van der Waals surface area (Å²) in [7, 11) is 0. The normalized spacial score (nSPS) is 10.0. The van der Waals surface area contributed by atoms with Crippen LogP contribution in [0.2, 0.25) is 0 Å². The average molecular weight is 314 g/mol. The molecule has 120 valence electrons. The van der Waals surface area contributed by atoms with Crippen LogP contribution in [0.25, 0.3) is 0 Å². The van der Waals surface area contributed by atoms with Gasteiger partial charge in [0.15, 0.2) is 0 Å². The number of carbonyl (C=O) groups excluding carboxylic acids is 2. The zero-order valence-electron chi connectivity index (χ0n) is 13.1. The van der Waals surface area contributed by atoms with E-state index in [-0.39, 0.29) is 11.3 Å². The summed E-state index contributed by atoms with van der Waals surface area (Å²) in [5.74, 6) is -0.0260. The minimum Gasteiger partial charge on any atom is -0.462 e. The van der Waals surface area contributed by atoms with Crippen molar-refractivity contribution in [2.24, 2.45) is 0 Å². The molecule has 0 saturated heterocycles. The number of aryl methyl sites for hydroxylation is 1. The molecule has 0 spiro atoms. The van der Waals surface area contributed by atoms with Gasteiger partial charge in [0.2, 0.25) is 0 Å². The van der Waals surface area contributed by atoms with E-state index >= 15 is 0 Å². The minimum absolute atomic E-state index is 0.104. The van der Waals surface area contributed by atoms with Crippen LogP contribution in [-0.4, -0.2) is 18.7 Å². The summed E-state index contributed by atoms with van der Waals surface area (Å²) in [5, 5.41) is 0. The van der Waals surface area contributed by atoms with Crippen LogP contribution < -0.4 is 9.47 Å². The highest BCUT2D eigenvalue weighted by molar-refractivity contribution is 5.93. The predicted octanol–water partition coefficient (Wildman–Crippen LogP) is 4.14. The Labute approximate surface area is 134 Å². The number of rotatable bonds is 5. The molecular formula is C18H18O5. The summed E-state index contributed by atoms with van der Waals surface area (Å²) in [5.41, 5.74) is 0.989. The Morgan fingerprint density at radius 3 is 2.22 bits per heavy atom. The SMILES string of the molecule is CCCOC(=O)c1ccccc1OC(=O)Oc1ccccc1C. The van der Waals surface area contributed by atoms with E-state index in [1.165, 1.54) is 12.1 Å². The maximum absolute atomic E-state index is 12.0. The van der Waals surface area contributed by atoms with Crippen molar-refractivity contribution in [1.29, 1.82) is 0 Å². The topological polar surface area (TPSA) is 61.8 Å². The van der Waals surface area contributed by atoms with Crippen molar-refractivity contribution < 1.29 is 23.8 Å². The third kappa shape index (κ3) is 4.57. The van der Waals surface area contributed by atoms with Crippen LogP contribution in [0.15, 0.2) is 48.5 Å². The molecule has 0 N–H and O–H groups in total. The Balaban J connectivity index is 2.09. The molecule has 23 heavy (non-hydrogen) atoms. The second-order valence-corrected chi connectivity index (χ2v) is 4.85. The van der Waals surface area contributed by atoms with Crippen molar-refractivity contribution in [2.75, 3.05) is 6.61 Å². The molecule has 0 heterocycles. The first-order valence-corrected chi connectivity index (χ1v) is 7.33. The van der Waals surface area contributed by atoms with Crippen LogP contribution in [0.4, 0.5) is 4.79 Å². The Bertz CT molecular complexity index is 693. The summed E-state index contributed by atoms with van der Waals surface area (Å²) < 4.78 is 15.4. The van der Waals surface area contributed by atoms with Crippen LogP contribution in [0, 0.1) is 6.92 Å². The Kier molecular flexibility index (Phi) is 5.74. The van der Waals surface area contributed by atoms with Gasteiger partial charge in [-0.05, 0) is 37.1 Å². The fourth-order valence-corrected chi connectivity index (χ4v) is 1.87. The van der Waals surface area contributed by atoms with E-state index in [2.05, 4.69) is 0 Å². The van der Waals surface area contributed by atoms with E-state index in [1.807, 2.05) is 26.0 Å². The summed E-state index contributed by atoms with van der Waals surface area (Å²) in [4.78, 5) is 23.9. The van der Waals surface area contributed by atoms with Crippen molar-refractivity contribution >= 4 is 12.1 Å². The van der Waals surface area contributed by atoms with Crippen LogP contribution in [0.1, 0.15) is 29.3 Å². The third-order valence-electron chi connectivity index (χ3n) is 3.02. The largest absolute Gasteiger partial charge is 0.519 e. The number of hydrogen-bond donors (Lipinski definition) is 0. The van der Waals surface area contributed by atoms with E-state index in [9.17, 15) is 9.59 Å². The highest BCUT2D eigenvalue weighted by atomic mass is 16.7. The fourth-order valence-electron chi connectivity index (χ4n) is 1.87. The van der Waals surface area contributed by atoms with Crippen molar-refractivity contribution in [3.63, 3.8) is 0 Å². The van der Waals surface area contributed by atoms with Crippen LogP contribution in [0.5, 0.6) is 11.5 Å². The van der Waals surface area contributed by atoms with Crippen LogP contribution in [-0.2, 0) is 4.74 Å². The summed E-state index contributed by atoms with van der Waals surface area (Å²) in [6.07, 6.45) is -0.195. The zero-order valence-corrected chi connectivity index (χ0v) is 13.1. The Hall–Kier alpha value is -2.82. The maximum Gasteiger partial charge on any atom is 0.519 e. The fraction of sp³-hybridized carbons (Fsp3) is 0.222. The summed E-state index contributed by atoms with van der Waals surface area (Å²) in [6, 6.07) is 13.5. The number of carbonyl (C=O) groups is 2. The van der Waals surface area contributed by atoms with Gasteiger partial charge in [-0.3, -0.25) is 0 Å². The Morgan fingerprint density at radius 2 is 1.52 bits per heavy atom. The highest BCUT2D eigenvalue weighted by Crippen LogP contribution is 2.21. The lowest BCUT2D eigenvalue weighted by Crippen LogP contribution is -2.17. The molecule has 0 aliphatic rings. The summed E-state index contributed by atoms with van der Waals surface area (Å²) in [6.45, 7) is 4.02. The quantitative estimate of drug-likeness (QED) is 0.613. The van der Waals surface area contributed by atoms with E-state index in [0.717, 1.165) is 5.56 Å². The van der Waals surface area contributed by atoms with Gasteiger partial charge >= 0.3 is 12.1 Å². The Morgan fingerprint density at radius 1 is 0.913 bits per heavy atom. The molecule has 5 nitrogen and oxygen atoms in total. The molecular weight excluding hydrogens is 296 g/mol. The third-order valence-corrected chi connectivity index (χ3v) is 3.02. The molecule has 0 atom stereocenters. The molecule has 0 aliphatic heterocycles. The standard InChI is InChI=1S/C18H18O5/c1-3-12-21-17(19)14-9-5-7-11-16(14)23-18(20)22-15-10-6-4-8-13(15)2/h4-11H,3,12H2,1-2H3. The van der Waals surface area contributed by atoms with Gasteiger partial charge < -0.3 is 14.2 Å². The molecule has 0 saturated carbocycles. The lowest BCUT2D eigenvalue weighted by Gasteiger charge is -2.10. The second-order valence-electron chi connectivity index (χ2n) is 4.85. The van der Waals surface area contributed by atoms with Gasteiger partial charge in [-0.2, -0.15) is 0 Å². The van der Waals surface area contributed by atoms with Crippen molar-refractivity contribution in [3.05, 3.63) is 59.7 Å². The molecule has 0 amide bonds. The average Bonchev–Trinajstić information content (AvgIpc) is 2.55. The minimum atomic E-state index is -0.907. The molecule has 5 heteroatoms. The molecule has 0 fully saturated rings. The number of benzene rings is 2. The predicted molar refractivity (Wildman–Crippen MR) is 84.8 cm³/mol. The van der Waals surface area contributed by atoms with E-state index in [0.29, 0.717) is 18.8 Å². The molecule has 2 aromatic rings. The van der Waals surface area contributed by atoms with Gasteiger partial charge in [-0.15, -0.1) is 0 Å². The maximum atomic E-state index is 12.0. The van der Waals surface area contributed by atoms with E-state index in [1.54, 1.807) is 24.3 Å². The first kappa shape index (κ1) is 16.5. The van der Waals surface area contributed by atoms with Crippen molar-refractivity contribution in [2.45, 2.75) is 20.3 Å². The van der Waals surface area contributed by atoms with Gasteiger partial charge in [0, 0.05) is 0 Å². The van der Waals surface area contributed by atoms with Gasteiger partial charge in [-0.1, -0.05) is 37.3 Å². The second kappa shape index (κ2) is 7.98. The van der Waals surface area contributed by atoms with Crippen molar-refractivity contribution in [3.8, 4) is 11.5 Å². The zero-order chi connectivity index (χ0) is 16.7. The highest BCUT2D eigenvalue weighted by Gasteiger charge is 2.17. The summed E-state index contributed by atoms with van der Waals surface area (Å²) >= 11 is 0. The number of ether oxygens (including phenoxy) is 3. The lowest BCUT2D eigenvalue weighted by molar-refractivity contribution is 0.0501. The lowest BCUT2D eigenvalue weighted by atomic mass is 10.2. The number of para-hydroxylation sites is 2. The first-order valence-electron chi connectivity index (χ1n) is 7.33. The smallest absolute Gasteiger partial charge is 0.462 e. The molecule has 0 radical (unpaired) electrons. The van der Waals surface area contributed by atoms with Gasteiger partial charge in [0.1, 0.15) is 17.1 Å². The van der Waals surface area contributed by atoms with E-state index < -0.39 is 12.1 Å². The molecule has 0 unspecified atom stereocenters. The first-order chi connectivity index (χ1) is 11.1. The molecule has 0 aliphatic carbocycles. The van der Waals surface area contributed by atoms with Crippen LogP contribution >= 0.6 is 0 Å². The number of hydrogen-bond acceptors (Lipinski definition) is 5. The molecule has 0 aromatic heterocycles. The number of esters is 1. The van der Waals surface area contributed by atoms with E-state index in [4.69, 9.17) is 14.2 Å². The monoisotopic (exact) mass is 314 g/mol.